The van der Waals surface area contributed by atoms with E-state index in [9.17, 15) is 9.90 Å². The minimum absolute atomic E-state index is 0.472. The fourth-order valence-electron chi connectivity index (χ4n) is 1.47. The molecule has 0 unspecified atom stereocenters. The van der Waals surface area contributed by atoms with E-state index < -0.39 is 11.6 Å². The zero-order chi connectivity index (χ0) is 13.2. The molecule has 0 aliphatic heterocycles. The van der Waals surface area contributed by atoms with Gasteiger partial charge in [-0.2, -0.15) is 0 Å². The Morgan fingerprint density at radius 2 is 1.89 bits per heavy atom. The Hall–Kier alpha value is -2.23. The third-order valence-corrected chi connectivity index (χ3v) is 2.52. The average Bonchev–Trinajstić information content (AvgIpc) is 2.83. The zero-order valence-electron chi connectivity index (χ0n) is 10.2. The van der Waals surface area contributed by atoms with Crippen LogP contribution in [0.15, 0.2) is 47.1 Å². The molecule has 0 atom stereocenters. The van der Waals surface area contributed by atoms with Gasteiger partial charge in [0.2, 0.25) is 0 Å². The molecule has 1 aromatic carbocycles. The van der Waals surface area contributed by atoms with Crippen molar-refractivity contribution in [3.05, 3.63) is 42.7 Å². The summed E-state index contributed by atoms with van der Waals surface area (Å²) in [4.78, 5) is 10.8. The van der Waals surface area contributed by atoms with Gasteiger partial charge in [0.1, 0.15) is 17.1 Å². The number of benzene rings is 1. The van der Waals surface area contributed by atoms with Crippen LogP contribution in [0.4, 0.5) is 0 Å². The van der Waals surface area contributed by atoms with Crippen LogP contribution in [0.2, 0.25) is 0 Å². The number of furan rings is 1. The first-order valence-corrected chi connectivity index (χ1v) is 5.53. The Labute approximate surface area is 105 Å². The van der Waals surface area contributed by atoms with E-state index in [-0.39, 0.29) is 0 Å². The van der Waals surface area contributed by atoms with E-state index >= 15 is 0 Å². The fourth-order valence-corrected chi connectivity index (χ4v) is 1.47. The lowest BCUT2D eigenvalue weighted by Gasteiger charge is -2.27. The Morgan fingerprint density at radius 3 is 2.39 bits per heavy atom. The van der Waals surface area contributed by atoms with E-state index in [2.05, 4.69) is 0 Å². The van der Waals surface area contributed by atoms with Crippen molar-refractivity contribution in [1.29, 1.82) is 0 Å². The average molecular weight is 245 g/mol. The van der Waals surface area contributed by atoms with Crippen molar-refractivity contribution in [2.45, 2.75) is 19.4 Å². The van der Waals surface area contributed by atoms with Crippen LogP contribution in [0.5, 0.6) is 5.75 Å². The predicted molar refractivity (Wildman–Crippen MR) is 63.9 cm³/mol. The molecule has 2 rings (SSSR count). The highest BCUT2D eigenvalue weighted by Gasteiger charge is 2.21. The Bertz CT molecular complexity index is 523. The minimum atomic E-state index is -1.35. The molecule has 0 bridgehead atoms. The second-order valence-corrected chi connectivity index (χ2v) is 4.40. The first-order chi connectivity index (χ1) is 8.49. The molecule has 0 aliphatic rings. The van der Waals surface area contributed by atoms with Gasteiger partial charge in [0.15, 0.2) is 0 Å². The van der Waals surface area contributed by atoms with Gasteiger partial charge in [0.25, 0.3) is 0 Å². The lowest BCUT2D eigenvalue weighted by Crippen LogP contribution is -2.47. The number of carboxylic acids is 1. The van der Waals surface area contributed by atoms with E-state index in [1.54, 1.807) is 36.6 Å². The number of carbonyl (C=O) groups excluding carboxylic acids is 1. The van der Waals surface area contributed by atoms with Crippen LogP contribution in [0, 0.1) is 0 Å². The molecule has 0 aliphatic carbocycles. The molecule has 2 aromatic rings. The van der Waals surface area contributed by atoms with Gasteiger partial charge in [-0.15, -0.1) is 0 Å². The summed E-state index contributed by atoms with van der Waals surface area (Å²) in [6, 6.07) is 10.7. The van der Waals surface area contributed by atoms with Crippen LogP contribution in [0.1, 0.15) is 13.8 Å². The molecule has 0 saturated carbocycles. The van der Waals surface area contributed by atoms with Crippen molar-refractivity contribution in [3.8, 4) is 17.1 Å². The summed E-state index contributed by atoms with van der Waals surface area (Å²) in [5, 5.41) is 10.8. The summed E-state index contributed by atoms with van der Waals surface area (Å²) in [7, 11) is 0. The molecule has 4 heteroatoms. The third-order valence-electron chi connectivity index (χ3n) is 2.52. The van der Waals surface area contributed by atoms with Gasteiger partial charge in [0, 0.05) is 5.56 Å². The fraction of sp³-hybridized carbons (Fsp3) is 0.214. The quantitative estimate of drug-likeness (QED) is 0.824. The molecule has 0 spiro atoms. The number of rotatable bonds is 4. The van der Waals surface area contributed by atoms with Gasteiger partial charge in [-0.05, 0) is 50.2 Å². The number of carboxylic acid groups (broad SMARTS) is 1. The van der Waals surface area contributed by atoms with E-state index in [4.69, 9.17) is 9.15 Å². The summed E-state index contributed by atoms with van der Waals surface area (Å²) in [6.45, 7) is 2.89. The molecule has 0 radical (unpaired) electrons. The summed E-state index contributed by atoms with van der Waals surface area (Å²) < 4.78 is 10.6. The summed E-state index contributed by atoms with van der Waals surface area (Å²) in [6.07, 6.45) is 1.60. The van der Waals surface area contributed by atoms with E-state index in [0.29, 0.717) is 5.75 Å². The van der Waals surface area contributed by atoms with Gasteiger partial charge in [-0.3, -0.25) is 0 Å². The smallest absolute Gasteiger partial charge is 0.143 e. The van der Waals surface area contributed by atoms with Crippen LogP contribution in [0.25, 0.3) is 11.3 Å². The highest BCUT2D eigenvalue weighted by atomic mass is 16.5. The molecule has 1 aromatic heterocycles. The molecular weight excluding hydrogens is 232 g/mol. The molecule has 0 saturated heterocycles. The van der Waals surface area contributed by atoms with Crippen molar-refractivity contribution in [3.63, 3.8) is 0 Å². The van der Waals surface area contributed by atoms with Gasteiger partial charge < -0.3 is 19.1 Å². The summed E-state index contributed by atoms with van der Waals surface area (Å²) in [5.41, 5.74) is -0.453. The number of hydrogen-bond acceptors (Lipinski definition) is 4. The maximum atomic E-state index is 10.8. The largest absolute Gasteiger partial charge is 0.546 e. The van der Waals surface area contributed by atoms with Crippen molar-refractivity contribution >= 4 is 5.97 Å². The number of aliphatic carboxylic acids is 1. The maximum absolute atomic E-state index is 10.8. The summed E-state index contributed by atoms with van der Waals surface area (Å²) in [5.74, 6) is -0.0298. The monoisotopic (exact) mass is 245 g/mol. The van der Waals surface area contributed by atoms with E-state index in [0.717, 1.165) is 11.3 Å². The first kappa shape index (κ1) is 12.2. The van der Waals surface area contributed by atoms with Crippen LogP contribution >= 0.6 is 0 Å². The Kier molecular flexibility index (Phi) is 3.10. The number of ether oxygens (including phenoxy) is 1. The van der Waals surface area contributed by atoms with E-state index in [1.807, 2.05) is 6.07 Å². The molecule has 0 fully saturated rings. The van der Waals surface area contributed by atoms with Gasteiger partial charge in [-0.1, -0.05) is 0 Å². The Balaban J connectivity index is 2.16. The van der Waals surface area contributed by atoms with Gasteiger partial charge >= 0.3 is 0 Å². The van der Waals surface area contributed by atoms with Crippen LogP contribution in [0.3, 0.4) is 0 Å². The molecule has 1 heterocycles. The van der Waals surface area contributed by atoms with Crippen molar-refractivity contribution < 1.29 is 19.1 Å². The van der Waals surface area contributed by atoms with Crippen LogP contribution in [-0.4, -0.2) is 11.6 Å². The second-order valence-electron chi connectivity index (χ2n) is 4.40. The third kappa shape index (κ3) is 2.53. The molecular formula is C14H13O4-. The van der Waals surface area contributed by atoms with Gasteiger partial charge in [-0.25, -0.2) is 0 Å². The lowest BCUT2D eigenvalue weighted by molar-refractivity contribution is -0.320. The van der Waals surface area contributed by atoms with Crippen LogP contribution in [-0.2, 0) is 4.79 Å². The number of hydrogen-bond donors (Lipinski definition) is 0. The molecule has 0 N–H and O–H groups in total. The molecule has 4 nitrogen and oxygen atoms in total. The highest BCUT2D eigenvalue weighted by molar-refractivity contribution is 5.74. The highest BCUT2D eigenvalue weighted by Crippen LogP contribution is 2.24. The second kappa shape index (κ2) is 4.56. The standard InChI is InChI=1S/C14H14O4/c1-14(2,13(15)16)18-11-7-5-10(6-8-11)12-4-3-9-17-12/h3-9H,1-2H3,(H,15,16)/p-1. The van der Waals surface area contributed by atoms with Crippen molar-refractivity contribution in [2.75, 3.05) is 0 Å². The van der Waals surface area contributed by atoms with Crippen molar-refractivity contribution in [2.24, 2.45) is 0 Å². The lowest BCUT2D eigenvalue weighted by atomic mass is 10.1. The SMILES string of the molecule is CC(C)(Oc1ccc(-c2ccco2)cc1)C(=O)[O-]. The molecule has 18 heavy (non-hydrogen) atoms. The minimum Gasteiger partial charge on any atom is -0.546 e. The summed E-state index contributed by atoms with van der Waals surface area (Å²) >= 11 is 0. The first-order valence-electron chi connectivity index (χ1n) is 5.53. The van der Waals surface area contributed by atoms with Crippen LogP contribution < -0.4 is 9.84 Å². The van der Waals surface area contributed by atoms with E-state index in [1.165, 1.54) is 13.8 Å². The maximum Gasteiger partial charge on any atom is 0.143 e. The Morgan fingerprint density at radius 1 is 1.22 bits per heavy atom. The molecule has 0 amide bonds. The number of carbonyl (C=O) groups is 1. The predicted octanol–water partition coefficient (Wildman–Crippen LogP) is 1.85. The van der Waals surface area contributed by atoms with Gasteiger partial charge in [0.05, 0.1) is 12.2 Å². The molecule has 94 valence electrons. The zero-order valence-corrected chi connectivity index (χ0v) is 10.2. The topological polar surface area (TPSA) is 62.5 Å². The normalized spacial score (nSPS) is 11.2. The van der Waals surface area contributed by atoms with Crippen molar-refractivity contribution in [1.82, 2.24) is 0 Å².